The van der Waals surface area contributed by atoms with Crippen LogP contribution < -0.4 is 5.32 Å². The molecule has 0 aromatic heterocycles. The molecule has 210 valence electrons. The maximum absolute atomic E-state index is 14.0. The third-order valence-electron chi connectivity index (χ3n) is 6.96. The number of nitrogens with one attached hydrogen (secondary N) is 1. The number of allylic oxidation sites excluding steroid dienone is 2. The van der Waals surface area contributed by atoms with Crippen LogP contribution in [-0.4, -0.2) is 30.8 Å². The van der Waals surface area contributed by atoms with Crippen LogP contribution in [0.1, 0.15) is 87.3 Å². The molecule has 1 aliphatic carbocycles. The monoisotopic (exact) mass is 553 g/mol. The molecule has 2 aromatic rings. The first-order valence-corrected chi connectivity index (χ1v) is 15.1. The average molecular weight is 554 g/mol. The first-order valence-electron chi connectivity index (χ1n) is 14.0. The van der Waals surface area contributed by atoms with Crippen LogP contribution in [0.2, 0.25) is 0 Å². The predicted octanol–water partition coefficient (Wildman–Crippen LogP) is 9.61. The third kappa shape index (κ3) is 11.1. The van der Waals surface area contributed by atoms with Crippen LogP contribution in [0, 0.1) is 11.6 Å². The lowest BCUT2D eigenvalue weighted by Gasteiger charge is -2.16. The van der Waals surface area contributed by atoms with Gasteiger partial charge in [-0.05, 0) is 122 Å². The average Bonchev–Trinajstić information content (AvgIpc) is 3.04. The van der Waals surface area contributed by atoms with Gasteiger partial charge in [0, 0.05) is 12.5 Å². The molecule has 1 nitrogen and oxygen atoms in total. The van der Waals surface area contributed by atoms with Crippen LogP contribution in [0.4, 0.5) is 22.0 Å². The molecule has 0 bridgehead atoms. The Morgan fingerprint density at radius 1 is 0.763 bits per heavy atom. The van der Waals surface area contributed by atoms with E-state index in [-0.39, 0.29) is 6.42 Å². The van der Waals surface area contributed by atoms with E-state index < -0.39 is 24.2 Å². The maximum Gasteiger partial charge on any atom is 0.389 e. The van der Waals surface area contributed by atoms with E-state index in [2.05, 4.69) is 23.5 Å². The quantitative estimate of drug-likeness (QED) is 0.164. The number of thioether (sulfide) groups is 1. The lowest BCUT2D eigenvalue weighted by atomic mass is 9.89. The van der Waals surface area contributed by atoms with Crippen LogP contribution in [0.25, 0.3) is 11.1 Å². The molecule has 0 heterocycles. The van der Waals surface area contributed by atoms with Gasteiger partial charge in [-0.1, -0.05) is 37.1 Å². The minimum Gasteiger partial charge on any atom is -0.317 e. The van der Waals surface area contributed by atoms with E-state index in [0.717, 1.165) is 94.7 Å². The number of rotatable bonds is 16. The number of aryl methyl sites for hydroxylation is 1. The van der Waals surface area contributed by atoms with Gasteiger partial charge < -0.3 is 5.32 Å². The highest BCUT2D eigenvalue weighted by Crippen LogP contribution is 2.39. The standard InChI is InChI=1S/C31H40F5NS/c32-26-21-25(22-27(33)23-26)29-15-9-12-24-11-4-5-13-28(24)30(29)14-3-1-2-6-17-37-18-7-8-19-38-20-10-16-31(34,35)36/h4-5,11,13,21-23,37H,1-3,6-10,12,14-20H2. The Hall–Kier alpha value is -1.86. The van der Waals surface area contributed by atoms with Gasteiger partial charge in [0.15, 0.2) is 0 Å². The summed E-state index contributed by atoms with van der Waals surface area (Å²) in [4.78, 5) is 0. The molecule has 0 atom stereocenters. The van der Waals surface area contributed by atoms with E-state index in [9.17, 15) is 22.0 Å². The molecule has 0 saturated heterocycles. The Labute approximate surface area is 228 Å². The van der Waals surface area contributed by atoms with Gasteiger partial charge in [0.1, 0.15) is 11.6 Å². The van der Waals surface area contributed by atoms with Crippen LogP contribution >= 0.6 is 11.8 Å². The molecular weight excluding hydrogens is 513 g/mol. The molecule has 0 fully saturated rings. The van der Waals surface area contributed by atoms with Crippen molar-refractivity contribution in [3.8, 4) is 0 Å². The van der Waals surface area contributed by atoms with Crippen LogP contribution in [0.15, 0.2) is 42.5 Å². The first-order chi connectivity index (χ1) is 18.3. The number of hydrogen-bond acceptors (Lipinski definition) is 2. The highest BCUT2D eigenvalue weighted by atomic mass is 32.2. The SMILES string of the molecule is Fc1cc(F)cc(C2=C(CCCCCCNCCCCSCCCC(F)(F)F)c3ccccc3CCC2)c1. The van der Waals surface area contributed by atoms with Crippen molar-refractivity contribution in [2.75, 3.05) is 24.6 Å². The van der Waals surface area contributed by atoms with Crippen molar-refractivity contribution in [2.24, 2.45) is 0 Å². The third-order valence-corrected chi connectivity index (χ3v) is 8.12. The lowest BCUT2D eigenvalue weighted by molar-refractivity contribution is -0.134. The van der Waals surface area contributed by atoms with Crippen LogP contribution in [-0.2, 0) is 6.42 Å². The fourth-order valence-electron chi connectivity index (χ4n) is 5.10. The Morgan fingerprint density at radius 2 is 1.45 bits per heavy atom. The van der Waals surface area contributed by atoms with Crippen LogP contribution in [0.3, 0.4) is 0 Å². The van der Waals surface area contributed by atoms with Crippen molar-refractivity contribution in [1.29, 1.82) is 0 Å². The number of hydrogen-bond donors (Lipinski definition) is 1. The van der Waals surface area contributed by atoms with Gasteiger partial charge >= 0.3 is 6.18 Å². The number of fused-ring (bicyclic) bond motifs is 1. The van der Waals surface area contributed by atoms with Gasteiger partial charge in [0.2, 0.25) is 0 Å². The molecule has 0 amide bonds. The molecule has 7 heteroatoms. The molecule has 0 radical (unpaired) electrons. The second kappa shape index (κ2) is 16.3. The number of halogens is 5. The fraction of sp³-hybridized carbons (Fsp3) is 0.548. The topological polar surface area (TPSA) is 12.0 Å². The minimum atomic E-state index is -4.03. The first kappa shape index (κ1) is 30.7. The largest absolute Gasteiger partial charge is 0.389 e. The molecule has 0 spiro atoms. The zero-order chi connectivity index (χ0) is 27.2. The second-order valence-corrected chi connectivity index (χ2v) is 11.3. The van der Waals surface area contributed by atoms with E-state index >= 15 is 0 Å². The molecule has 1 aliphatic rings. The van der Waals surface area contributed by atoms with E-state index in [4.69, 9.17) is 0 Å². The summed E-state index contributed by atoms with van der Waals surface area (Å²) < 4.78 is 64.4. The Bertz CT molecular complexity index is 997. The summed E-state index contributed by atoms with van der Waals surface area (Å²) in [7, 11) is 0. The molecule has 38 heavy (non-hydrogen) atoms. The van der Waals surface area contributed by atoms with Gasteiger partial charge in [-0.2, -0.15) is 24.9 Å². The molecule has 0 aliphatic heterocycles. The second-order valence-electron chi connectivity index (χ2n) is 10.1. The zero-order valence-corrected chi connectivity index (χ0v) is 23.0. The van der Waals surface area contributed by atoms with Crippen molar-refractivity contribution in [3.63, 3.8) is 0 Å². The predicted molar refractivity (Wildman–Crippen MR) is 150 cm³/mol. The Balaban J connectivity index is 1.37. The molecule has 1 N–H and O–H groups in total. The van der Waals surface area contributed by atoms with Crippen molar-refractivity contribution in [2.45, 2.75) is 83.2 Å². The summed E-state index contributed by atoms with van der Waals surface area (Å²) in [6, 6.07) is 12.3. The zero-order valence-electron chi connectivity index (χ0n) is 22.2. The van der Waals surface area contributed by atoms with Crippen molar-refractivity contribution < 1.29 is 22.0 Å². The number of alkyl halides is 3. The molecule has 2 aromatic carbocycles. The highest BCUT2D eigenvalue weighted by Gasteiger charge is 2.25. The highest BCUT2D eigenvalue weighted by molar-refractivity contribution is 7.99. The lowest BCUT2D eigenvalue weighted by Crippen LogP contribution is -2.16. The molecule has 3 rings (SSSR count). The minimum absolute atomic E-state index is 0.209. The van der Waals surface area contributed by atoms with Crippen molar-refractivity contribution in [3.05, 3.63) is 70.8 Å². The molecule has 0 saturated carbocycles. The van der Waals surface area contributed by atoms with Crippen molar-refractivity contribution >= 4 is 22.9 Å². The summed E-state index contributed by atoms with van der Waals surface area (Å²) in [5.41, 5.74) is 5.52. The van der Waals surface area contributed by atoms with Gasteiger partial charge in [0.05, 0.1) is 0 Å². The molecular formula is C31H40F5NS. The van der Waals surface area contributed by atoms with Gasteiger partial charge in [0.25, 0.3) is 0 Å². The normalized spacial score (nSPS) is 14.0. The van der Waals surface area contributed by atoms with Gasteiger partial charge in [-0.25, -0.2) is 8.78 Å². The number of unbranched alkanes of at least 4 members (excludes halogenated alkanes) is 4. The summed E-state index contributed by atoms with van der Waals surface area (Å²) in [5, 5.41) is 3.47. The molecule has 0 unspecified atom stereocenters. The Kier molecular flexibility index (Phi) is 13.2. The van der Waals surface area contributed by atoms with E-state index in [1.54, 1.807) is 11.8 Å². The summed E-state index contributed by atoms with van der Waals surface area (Å²) in [5.74, 6) is 0.437. The summed E-state index contributed by atoms with van der Waals surface area (Å²) in [6.45, 7) is 1.92. The van der Waals surface area contributed by atoms with Crippen molar-refractivity contribution in [1.82, 2.24) is 5.32 Å². The summed E-state index contributed by atoms with van der Waals surface area (Å²) in [6.07, 6.45) is 5.60. The van der Waals surface area contributed by atoms with Gasteiger partial charge in [-0.15, -0.1) is 0 Å². The van der Waals surface area contributed by atoms with Crippen LogP contribution in [0.5, 0.6) is 0 Å². The Morgan fingerprint density at radius 3 is 2.21 bits per heavy atom. The smallest absolute Gasteiger partial charge is 0.317 e. The maximum atomic E-state index is 14.0. The van der Waals surface area contributed by atoms with E-state index in [0.29, 0.717) is 11.3 Å². The summed E-state index contributed by atoms with van der Waals surface area (Å²) >= 11 is 1.61. The van der Waals surface area contributed by atoms with E-state index in [1.807, 2.05) is 6.07 Å². The van der Waals surface area contributed by atoms with Gasteiger partial charge in [-0.3, -0.25) is 0 Å². The number of benzene rings is 2. The fourth-order valence-corrected chi connectivity index (χ4v) is 6.06. The van der Waals surface area contributed by atoms with E-state index in [1.165, 1.54) is 28.8 Å².